The number of fused-ring (bicyclic) bond motifs is 18. The molecule has 658 valence electrons. The van der Waals surface area contributed by atoms with Crippen LogP contribution in [-0.2, 0) is 0 Å². The van der Waals surface area contributed by atoms with E-state index in [0.717, 1.165) is 122 Å². The third-order valence-electron chi connectivity index (χ3n) is 26.6. The maximum Gasteiger partial charge on any atom is 0.182 e. The molecule has 9 aromatic heterocycles. The fourth-order valence-electron chi connectivity index (χ4n) is 20.1. The van der Waals surface area contributed by atoms with Crippen LogP contribution < -0.4 is 0 Å². The third kappa shape index (κ3) is 15.0. The van der Waals surface area contributed by atoms with E-state index in [4.69, 9.17) is 59.8 Å². The first kappa shape index (κ1) is 82.3. The van der Waals surface area contributed by atoms with Gasteiger partial charge in [-0.25, -0.2) is 59.8 Å². The molecule has 0 bridgehead atoms. The second kappa shape index (κ2) is 35.1. The molecule has 0 fully saturated rings. The van der Waals surface area contributed by atoms with Crippen molar-refractivity contribution in [2.24, 2.45) is 0 Å². The van der Waals surface area contributed by atoms with E-state index in [9.17, 15) is 0 Å². The number of aromatic nitrogens is 15. The van der Waals surface area contributed by atoms with Gasteiger partial charge in [0.15, 0.2) is 52.4 Å². The Bertz CT molecular complexity index is 9670. The van der Waals surface area contributed by atoms with Crippen LogP contribution in [0.2, 0.25) is 0 Å². The SMILES string of the molecule is c1cc(-c2nc(-c3cccc4ccccc34)nc(-c3cccc4ccccc34)n2)nc(-n2c3ccccc3c3c4ccccc4ccc32)c1.c1ccc(-c2ccc(-c3nc(-c4ccccc4)nc(-c4cccc(-n5c6ccccc6c6c7ccccc7ccc65)n4)n3)cc2)cc1.c1ccc(-c2nc(-c3cccc(-n4c5ccccc5c5c6ccccc6ccc54)n3)nc(-c3cccc4ccccc34)n2)cc1. The van der Waals surface area contributed by atoms with Crippen molar-refractivity contribution in [3.8, 4) is 131 Å². The van der Waals surface area contributed by atoms with E-state index < -0.39 is 0 Å². The van der Waals surface area contributed by atoms with E-state index >= 15 is 0 Å². The number of benzene rings is 19. The van der Waals surface area contributed by atoms with E-state index in [-0.39, 0.29) is 0 Å². The molecule has 28 aromatic rings. The molecule has 0 aliphatic heterocycles. The van der Waals surface area contributed by atoms with Crippen molar-refractivity contribution in [2.75, 3.05) is 0 Å². The van der Waals surface area contributed by atoms with Gasteiger partial charge in [0.1, 0.15) is 34.5 Å². The number of nitrogens with zero attached hydrogens (tertiary/aromatic N) is 15. The van der Waals surface area contributed by atoms with Crippen molar-refractivity contribution in [1.82, 2.24) is 73.5 Å². The second-order valence-electron chi connectivity index (χ2n) is 34.9. The van der Waals surface area contributed by atoms with Crippen molar-refractivity contribution in [2.45, 2.75) is 0 Å². The molecule has 0 saturated heterocycles. The first-order valence-corrected chi connectivity index (χ1v) is 47.1. The average Bonchev–Trinajstić information content (AvgIpc) is 1.57. The lowest BCUT2D eigenvalue weighted by Crippen LogP contribution is -2.04. The Balaban J connectivity index is 0.000000109. The van der Waals surface area contributed by atoms with Crippen molar-refractivity contribution in [3.63, 3.8) is 0 Å². The molecule has 19 aromatic carbocycles. The molecule has 141 heavy (non-hydrogen) atoms. The molecule has 0 unspecified atom stereocenters. The summed E-state index contributed by atoms with van der Waals surface area (Å²) in [4.78, 5) is 60.9. The molecule has 0 saturated carbocycles. The van der Waals surface area contributed by atoms with Gasteiger partial charge in [0, 0.05) is 65.7 Å². The average molecular weight is 1800 g/mol. The Morgan fingerprint density at radius 1 is 0.121 bits per heavy atom. The standard InChI is InChI=1S/C44H27N5.C42H27N5.C40H25N5/c1-4-17-31-28(12-1)15-9-21-34(31)42-46-43(35-22-10-16-29-13-2-5-18-32(29)35)48-44(47-42)37-23-11-25-40(45-37)49-38-24-8-7-20-36(38)41-33-19-6-3-14-30(33)26-27-39(41)49;1-3-12-28(13-4-1)29-22-24-32(25-23-29)41-44-40(31-15-5-2-6-16-31)45-42(46-41)35-19-11-21-38(43-35)47-36-20-10-9-18-34(36)39-33-17-8-7-14-30(33)26-27-37(39)47;1-2-14-28(15-3-1)38-42-39(31-20-10-16-26-12-4-6-17-29(26)31)44-40(43-38)33-21-11-23-36(41-33)45-34-22-9-8-19-32(34)37-30-18-7-5-13-27(30)24-25-35(37)45/h1-27H;1-27H;1-25H. The normalized spacial score (nSPS) is 11.5. The monoisotopic (exact) mass is 1800 g/mol. The largest absolute Gasteiger partial charge is 0.294 e. The van der Waals surface area contributed by atoms with Crippen LogP contribution in [0.4, 0.5) is 0 Å². The molecule has 0 spiro atoms. The van der Waals surface area contributed by atoms with Gasteiger partial charge in [0.2, 0.25) is 0 Å². The molecular formula is C126H79N15. The summed E-state index contributed by atoms with van der Waals surface area (Å²) in [7, 11) is 0. The number of rotatable bonds is 13. The van der Waals surface area contributed by atoms with Crippen LogP contribution in [0.15, 0.2) is 479 Å². The summed E-state index contributed by atoms with van der Waals surface area (Å²) in [6.45, 7) is 0. The zero-order valence-electron chi connectivity index (χ0n) is 75.8. The van der Waals surface area contributed by atoms with Crippen molar-refractivity contribution in [1.29, 1.82) is 0 Å². The molecule has 0 radical (unpaired) electrons. The lowest BCUT2D eigenvalue weighted by Gasteiger charge is -2.12. The summed E-state index contributed by atoms with van der Waals surface area (Å²) in [6.07, 6.45) is 0. The van der Waals surface area contributed by atoms with Gasteiger partial charge in [-0.1, -0.05) is 406 Å². The predicted octanol–water partition coefficient (Wildman–Crippen LogP) is 30.7. The van der Waals surface area contributed by atoms with Gasteiger partial charge in [-0.05, 0) is 149 Å². The van der Waals surface area contributed by atoms with Crippen molar-refractivity contribution >= 4 is 130 Å². The fraction of sp³-hybridized carbons (Fsp3) is 0. The van der Waals surface area contributed by atoms with Gasteiger partial charge in [-0.15, -0.1) is 0 Å². The smallest absolute Gasteiger partial charge is 0.182 e. The van der Waals surface area contributed by atoms with Crippen LogP contribution in [0.25, 0.3) is 262 Å². The molecule has 0 atom stereocenters. The third-order valence-corrected chi connectivity index (χ3v) is 26.6. The second-order valence-corrected chi connectivity index (χ2v) is 34.9. The maximum absolute atomic E-state index is 5.27. The van der Waals surface area contributed by atoms with E-state index in [0.29, 0.717) is 69.5 Å². The Hall–Kier alpha value is -19.4. The summed E-state index contributed by atoms with van der Waals surface area (Å²) >= 11 is 0. The minimum Gasteiger partial charge on any atom is -0.294 e. The Labute approximate surface area is 808 Å². The van der Waals surface area contributed by atoms with E-state index in [2.05, 4.69) is 366 Å². The summed E-state index contributed by atoms with van der Waals surface area (Å²) in [5.41, 5.74) is 16.6. The lowest BCUT2D eigenvalue weighted by molar-refractivity contribution is 1.03. The van der Waals surface area contributed by atoms with Gasteiger partial charge in [0.05, 0.1) is 33.1 Å². The fourth-order valence-corrected chi connectivity index (χ4v) is 20.1. The predicted molar refractivity (Wildman–Crippen MR) is 575 cm³/mol. The highest BCUT2D eigenvalue weighted by molar-refractivity contribution is 6.24. The number of hydrogen-bond acceptors (Lipinski definition) is 12. The molecule has 28 rings (SSSR count). The minimum absolute atomic E-state index is 0.522. The van der Waals surface area contributed by atoms with Gasteiger partial charge in [-0.2, -0.15) is 0 Å². The molecule has 15 nitrogen and oxygen atoms in total. The lowest BCUT2D eigenvalue weighted by atomic mass is 10.0. The van der Waals surface area contributed by atoms with Gasteiger partial charge in [-0.3, -0.25) is 13.7 Å². The van der Waals surface area contributed by atoms with Crippen LogP contribution in [0.5, 0.6) is 0 Å². The van der Waals surface area contributed by atoms with E-state index in [1.165, 1.54) is 70.2 Å². The van der Waals surface area contributed by atoms with Crippen LogP contribution in [0, 0.1) is 0 Å². The van der Waals surface area contributed by atoms with Crippen molar-refractivity contribution < 1.29 is 0 Å². The Kier molecular flexibility index (Phi) is 20.5. The number of hydrogen-bond donors (Lipinski definition) is 0. The molecule has 15 heteroatoms. The number of pyridine rings is 3. The summed E-state index contributed by atoms with van der Waals surface area (Å²) in [5, 5.41) is 21.2. The highest BCUT2D eigenvalue weighted by atomic mass is 15.1. The van der Waals surface area contributed by atoms with E-state index in [1.54, 1.807) is 0 Å². The number of para-hydroxylation sites is 3. The first-order chi connectivity index (χ1) is 69.9. The quantitative estimate of drug-likeness (QED) is 0.107. The summed E-state index contributed by atoms with van der Waals surface area (Å²) in [5.74, 6) is 7.64. The highest BCUT2D eigenvalue weighted by Gasteiger charge is 2.25. The topological polar surface area (TPSA) is 169 Å². The molecule has 0 aliphatic carbocycles. The van der Waals surface area contributed by atoms with Crippen molar-refractivity contribution in [3.05, 3.63) is 479 Å². The molecule has 0 aliphatic rings. The zero-order chi connectivity index (χ0) is 93.2. The van der Waals surface area contributed by atoms with E-state index in [1.807, 2.05) is 127 Å². The first-order valence-electron chi connectivity index (χ1n) is 47.1. The van der Waals surface area contributed by atoms with Gasteiger partial charge in [0.25, 0.3) is 0 Å². The van der Waals surface area contributed by atoms with Gasteiger partial charge < -0.3 is 0 Å². The van der Waals surface area contributed by atoms with Gasteiger partial charge >= 0.3 is 0 Å². The van der Waals surface area contributed by atoms with Crippen LogP contribution in [0.1, 0.15) is 0 Å². The molecule has 9 heterocycles. The molecule has 0 N–H and O–H groups in total. The maximum atomic E-state index is 5.27. The Morgan fingerprint density at radius 2 is 0.340 bits per heavy atom. The summed E-state index contributed by atoms with van der Waals surface area (Å²) < 4.78 is 6.73. The van der Waals surface area contributed by atoms with Crippen LogP contribution >= 0.6 is 0 Å². The summed E-state index contributed by atoms with van der Waals surface area (Å²) in [6, 6.07) is 165. The zero-order valence-corrected chi connectivity index (χ0v) is 75.8. The molecular weight excluding hydrogens is 1720 g/mol. The van der Waals surface area contributed by atoms with Crippen LogP contribution in [0.3, 0.4) is 0 Å². The van der Waals surface area contributed by atoms with Crippen LogP contribution in [-0.4, -0.2) is 73.5 Å². The minimum atomic E-state index is 0.522. The molecule has 0 amide bonds. The highest BCUT2D eigenvalue weighted by Crippen LogP contribution is 2.44. The Morgan fingerprint density at radius 3 is 0.674 bits per heavy atom.